The molecule has 0 amide bonds. The Labute approximate surface area is 188 Å². The molecule has 5 rings (SSSR count). The first-order chi connectivity index (χ1) is 17.5. The van der Waals surface area contributed by atoms with E-state index in [4.69, 9.17) is 15.4 Å². The summed E-state index contributed by atoms with van der Waals surface area (Å²) in [5, 5.41) is 2.64. The number of fused-ring (bicyclic) bond motifs is 5. The van der Waals surface area contributed by atoms with Crippen LogP contribution in [-0.4, -0.2) is 9.97 Å². The Balaban J connectivity index is 1.80. The Morgan fingerprint density at radius 2 is 1.73 bits per heavy atom. The zero-order valence-corrected chi connectivity index (χ0v) is 17.0. The van der Waals surface area contributed by atoms with E-state index in [0.29, 0.717) is 33.2 Å². The Hall–Kier alpha value is -3.20. The standard InChI is InChI=1S/C27H26N2O/c1-16-15-29-24(13-18(16)14-27(3,4)5)23-8-6-7-20-21-10-9-19-17(2)28-12-11-22(19)25(21)30-26(20)23/h6-13,15H,14H2,1-5H3/i1D3,2D3,14D2. The van der Waals surface area contributed by atoms with Crippen LogP contribution in [0.2, 0.25) is 0 Å². The predicted molar refractivity (Wildman–Crippen MR) is 125 cm³/mol. The molecule has 0 spiro atoms. The summed E-state index contributed by atoms with van der Waals surface area (Å²) >= 11 is 0. The van der Waals surface area contributed by atoms with Crippen molar-refractivity contribution >= 4 is 32.7 Å². The van der Waals surface area contributed by atoms with Crippen molar-refractivity contribution in [2.45, 2.75) is 40.8 Å². The summed E-state index contributed by atoms with van der Waals surface area (Å²) in [7, 11) is 0. The molecule has 150 valence electrons. The number of hydrogen-bond donors (Lipinski definition) is 0. The van der Waals surface area contributed by atoms with Gasteiger partial charge >= 0.3 is 0 Å². The summed E-state index contributed by atoms with van der Waals surface area (Å²) in [6, 6.07) is 12.3. The molecular formula is C27H26N2O. The van der Waals surface area contributed by atoms with E-state index >= 15 is 0 Å². The van der Waals surface area contributed by atoms with Gasteiger partial charge in [-0.1, -0.05) is 39.0 Å². The van der Waals surface area contributed by atoms with Crippen molar-refractivity contribution in [3.05, 3.63) is 71.7 Å². The third-order valence-electron chi connectivity index (χ3n) is 5.09. The minimum absolute atomic E-state index is 0.00597. The predicted octanol–water partition coefficient (Wildman–Crippen LogP) is 7.40. The van der Waals surface area contributed by atoms with Gasteiger partial charge in [0.1, 0.15) is 11.2 Å². The van der Waals surface area contributed by atoms with Crippen LogP contribution in [0.5, 0.6) is 0 Å². The number of pyridine rings is 2. The highest BCUT2D eigenvalue weighted by molar-refractivity contribution is 6.17. The van der Waals surface area contributed by atoms with Crippen LogP contribution >= 0.6 is 0 Å². The molecule has 3 heterocycles. The Morgan fingerprint density at radius 1 is 0.933 bits per heavy atom. The first-order valence-corrected chi connectivity index (χ1v) is 9.76. The maximum atomic E-state index is 8.82. The minimum atomic E-state index is -2.54. The van der Waals surface area contributed by atoms with Gasteiger partial charge in [-0.2, -0.15) is 0 Å². The lowest BCUT2D eigenvalue weighted by molar-refractivity contribution is 0.410. The SMILES string of the molecule is [2H]C([2H])([2H])c1cnc(-c2cccc3c2oc2c4ccnc(C([2H])([2H])[2H])c4ccc32)cc1C([2H])([2H])C(C)(C)C. The monoisotopic (exact) mass is 402 g/mol. The number of aryl methyl sites for hydroxylation is 2. The molecule has 0 bridgehead atoms. The quantitative estimate of drug-likeness (QED) is 0.309. The molecule has 0 aliphatic rings. The maximum absolute atomic E-state index is 8.82. The smallest absolute Gasteiger partial charge is 0.144 e. The molecule has 0 unspecified atom stereocenters. The van der Waals surface area contributed by atoms with Gasteiger partial charge in [-0.3, -0.25) is 9.97 Å². The number of benzene rings is 2. The lowest BCUT2D eigenvalue weighted by atomic mass is 9.86. The Morgan fingerprint density at radius 3 is 2.53 bits per heavy atom. The topological polar surface area (TPSA) is 38.9 Å². The summed E-state index contributed by atoms with van der Waals surface area (Å²) in [6.07, 6.45) is 0.713. The summed E-state index contributed by atoms with van der Waals surface area (Å²) in [5.74, 6) is 0. The number of para-hydroxylation sites is 1. The highest BCUT2D eigenvalue weighted by Gasteiger charge is 2.18. The van der Waals surface area contributed by atoms with Crippen LogP contribution in [0.4, 0.5) is 0 Å². The Kier molecular flexibility index (Phi) is 2.63. The van der Waals surface area contributed by atoms with Crippen LogP contribution in [0.3, 0.4) is 0 Å². The van der Waals surface area contributed by atoms with Gasteiger partial charge in [0, 0.05) is 56.2 Å². The fourth-order valence-corrected chi connectivity index (χ4v) is 3.82. The zero-order chi connectivity index (χ0) is 27.8. The number of nitrogens with zero attached hydrogens (tertiary/aromatic N) is 2. The fourth-order valence-electron chi connectivity index (χ4n) is 3.82. The van der Waals surface area contributed by atoms with E-state index in [9.17, 15) is 0 Å². The van der Waals surface area contributed by atoms with Crippen molar-refractivity contribution in [1.82, 2.24) is 9.97 Å². The van der Waals surface area contributed by atoms with Crippen LogP contribution in [0.15, 0.2) is 59.3 Å². The highest BCUT2D eigenvalue weighted by Crippen LogP contribution is 2.39. The zero-order valence-electron chi connectivity index (χ0n) is 25.0. The summed E-state index contributed by atoms with van der Waals surface area (Å²) in [5.41, 5.74) is 0.967. The number of furan rings is 1. The molecule has 0 saturated carbocycles. The third-order valence-corrected chi connectivity index (χ3v) is 5.09. The third kappa shape index (κ3) is 3.06. The number of hydrogen-bond acceptors (Lipinski definition) is 3. The molecule has 0 radical (unpaired) electrons. The molecule has 3 nitrogen and oxygen atoms in total. The lowest BCUT2D eigenvalue weighted by Gasteiger charge is -2.20. The second-order valence-corrected chi connectivity index (χ2v) is 8.47. The average molecular weight is 403 g/mol. The van der Waals surface area contributed by atoms with Crippen molar-refractivity contribution in [2.75, 3.05) is 0 Å². The van der Waals surface area contributed by atoms with Crippen LogP contribution in [-0.2, 0) is 6.37 Å². The van der Waals surface area contributed by atoms with E-state index in [1.54, 1.807) is 45.0 Å². The van der Waals surface area contributed by atoms with E-state index < -0.39 is 25.5 Å². The molecular weight excluding hydrogens is 368 g/mol. The van der Waals surface area contributed by atoms with Crippen molar-refractivity contribution in [1.29, 1.82) is 0 Å². The first-order valence-electron chi connectivity index (χ1n) is 13.8. The molecule has 3 aromatic heterocycles. The van der Waals surface area contributed by atoms with Crippen LogP contribution < -0.4 is 0 Å². The minimum Gasteiger partial charge on any atom is -0.455 e. The van der Waals surface area contributed by atoms with E-state index in [1.807, 2.05) is 12.1 Å². The van der Waals surface area contributed by atoms with Crippen molar-refractivity contribution < 1.29 is 15.4 Å². The van der Waals surface area contributed by atoms with E-state index in [1.165, 1.54) is 18.5 Å². The molecule has 30 heavy (non-hydrogen) atoms. The maximum Gasteiger partial charge on any atom is 0.144 e. The fraction of sp³-hybridized carbons (Fsp3) is 0.259. The molecule has 0 saturated heterocycles. The molecule has 0 aliphatic heterocycles. The van der Waals surface area contributed by atoms with Gasteiger partial charge in [-0.05, 0) is 60.9 Å². The molecule has 3 heteroatoms. The van der Waals surface area contributed by atoms with Crippen LogP contribution in [0.25, 0.3) is 44.0 Å². The van der Waals surface area contributed by atoms with Gasteiger partial charge in [-0.15, -0.1) is 0 Å². The second kappa shape index (κ2) is 6.66. The average Bonchev–Trinajstić information content (AvgIpc) is 3.20. The van der Waals surface area contributed by atoms with E-state index in [-0.39, 0.29) is 16.8 Å². The van der Waals surface area contributed by atoms with Crippen molar-refractivity contribution in [3.8, 4) is 11.3 Å². The van der Waals surface area contributed by atoms with Gasteiger partial charge < -0.3 is 4.42 Å². The van der Waals surface area contributed by atoms with Crippen LogP contribution in [0.1, 0.15) is 48.6 Å². The second-order valence-electron chi connectivity index (χ2n) is 8.47. The van der Waals surface area contributed by atoms with Crippen molar-refractivity contribution in [3.63, 3.8) is 0 Å². The van der Waals surface area contributed by atoms with Gasteiger partial charge in [0.25, 0.3) is 0 Å². The Bertz CT molecular complexity index is 1710. The van der Waals surface area contributed by atoms with Gasteiger partial charge in [-0.25, -0.2) is 0 Å². The molecule has 2 aromatic carbocycles. The highest BCUT2D eigenvalue weighted by atomic mass is 16.3. The van der Waals surface area contributed by atoms with Gasteiger partial charge in [0.15, 0.2) is 0 Å². The summed E-state index contributed by atoms with van der Waals surface area (Å²) < 4.78 is 71.5. The molecule has 0 N–H and O–H groups in total. The molecule has 0 aliphatic carbocycles. The lowest BCUT2D eigenvalue weighted by Crippen LogP contribution is -2.10. The molecule has 0 fully saturated rings. The van der Waals surface area contributed by atoms with Crippen LogP contribution in [0, 0.1) is 19.1 Å². The van der Waals surface area contributed by atoms with Crippen molar-refractivity contribution in [2.24, 2.45) is 5.41 Å². The normalized spacial score (nSPS) is 17.6. The number of aromatic nitrogens is 2. The van der Waals surface area contributed by atoms with Gasteiger partial charge in [0.2, 0.25) is 0 Å². The van der Waals surface area contributed by atoms with E-state index in [2.05, 4.69) is 9.97 Å². The van der Waals surface area contributed by atoms with Gasteiger partial charge in [0.05, 0.1) is 5.69 Å². The van der Waals surface area contributed by atoms with E-state index in [0.717, 1.165) is 10.8 Å². The summed E-state index contributed by atoms with van der Waals surface area (Å²) in [4.78, 5) is 8.52. The first kappa shape index (κ1) is 11.8. The largest absolute Gasteiger partial charge is 0.455 e. The summed E-state index contributed by atoms with van der Waals surface area (Å²) in [6.45, 7) is 0.247. The molecule has 0 atom stereocenters. The number of rotatable bonds is 2. The molecule has 5 aromatic rings.